The summed E-state index contributed by atoms with van der Waals surface area (Å²) in [4.78, 5) is 2.41. The summed E-state index contributed by atoms with van der Waals surface area (Å²) in [6, 6.07) is 74.1. The molecule has 2 aromatic heterocycles. The molecule has 0 fully saturated rings. The molecule has 0 aliphatic heterocycles. The van der Waals surface area contributed by atoms with Gasteiger partial charge in [-0.25, -0.2) is 0 Å². The van der Waals surface area contributed by atoms with E-state index in [-0.39, 0.29) is 0 Å². The molecule has 0 unspecified atom stereocenters. The smallest absolute Gasteiger partial charge is 0.136 e. The Morgan fingerprint density at radius 1 is 0.364 bits per heavy atom. The van der Waals surface area contributed by atoms with E-state index >= 15 is 0 Å². The largest absolute Gasteiger partial charge is 0.456 e. The van der Waals surface area contributed by atoms with Crippen LogP contribution >= 0.6 is 0 Å². The van der Waals surface area contributed by atoms with Crippen LogP contribution < -0.4 is 4.90 Å². The second-order valence-electron chi connectivity index (χ2n) is 14.1. The third-order valence-electron chi connectivity index (χ3n) is 11.0. The number of para-hydroxylation sites is 4. The Bertz CT molecular complexity index is 3180. The zero-order valence-corrected chi connectivity index (χ0v) is 29.9. The Morgan fingerprint density at radius 2 is 0.945 bits per heavy atom. The van der Waals surface area contributed by atoms with Gasteiger partial charge in [0.1, 0.15) is 11.2 Å². The van der Waals surface area contributed by atoms with E-state index in [1.165, 1.54) is 38.1 Å². The molecule has 55 heavy (non-hydrogen) atoms. The van der Waals surface area contributed by atoms with Crippen LogP contribution in [0.25, 0.3) is 82.5 Å². The van der Waals surface area contributed by atoms with Gasteiger partial charge in [0, 0.05) is 44.2 Å². The Labute approximate surface area is 318 Å². The highest BCUT2D eigenvalue weighted by Gasteiger charge is 2.20. The number of hydrogen-bond donors (Lipinski definition) is 0. The molecule has 0 spiro atoms. The predicted molar refractivity (Wildman–Crippen MR) is 231 cm³/mol. The maximum Gasteiger partial charge on any atom is 0.136 e. The molecule has 3 heteroatoms. The van der Waals surface area contributed by atoms with Crippen LogP contribution in [-0.2, 0) is 0 Å². The molecular weight excluding hydrogens is 669 g/mol. The minimum Gasteiger partial charge on any atom is -0.456 e. The number of benzene rings is 9. The van der Waals surface area contributed by atoms with Crippen molar-refractivity contribution in [1.82, 2.24) is 4.57 Å². The summed E-state index contributed by atoms with van der Waals surface area (Å²) in [6.45, 7) is 0. The van der Waals surface area contributed by atoms with Gasteiger partial charge < -0.3 is 13.9 Å². The molecule has 3 nitrogen and oxygen atoms in total. The fourth-order valence-corrected chi connectivity index (χ4v) is 8.49. The quantitative estimate of drug-likeness (QED) is 0.172. The van der Waals surface area contributed by atoms with E-state index in [2.05, 4.69) is 204 Å². The lowest BCUT2D eigenvalue weighted by Gasteiger charge is -2.29. The zero-order chi connectivity index (χ0) is 36.3. The van der Waals surface area contributed by atoms with Gasteiger partial charge in [-0.15, -0.1) is 0 Å². The average Bonchev–Trinajstić information content (AvgIpc) is 3.80. The van der Waals surface area contributed by atoms with Crippen molar-refractivity contribution < 1.29 is 4.42 Å². The van der Waals surface area contributed by atoms with E-state index in [9.17, 15) is 0 Å². The maximum atomic E-state index is 6.33. The number of rotatable bonds is 6. The van der Waals surface area contributed by atoms with Crippen molar-refractivity contribution >= 4 is 71.6 Å². The number of hydrogen-bond acceptors (Lipinski definition) is 2. The molecule has 0 N–H and O–H groups in total. The van der Waals surface area contributed by atoms with Crippen LogP contribution in [0.3, 0.4) is 0 Å². The molecule has 11 aromatic rings. The summed E-state index contributed by atoms with van der Waals surface area (Å²) in [5.74, 6) is 0. The molecule has 0 aliphatic rings. The van der Waals surface area contributed by atoms with Gasteiger partial charge in [0.2, 0.25) is 0 Å². The SMILES string of the molecule is c1cc(-c2ccc3c(c2)oc2ccccc23)cc(N(c2cccc(-n3c4ccccc4c4ccccc43)c2)c2ccccc2-c2cccc3ccccc23)c1. The first-order valence-electron chi connectivity index (χ1n) is 18.8. The number of aromatic nitrogens is 1. The summed E-state index contributed by atoms with van der Waals surface area (Å²) in [7, 11) is 0. The number of furan rings is 1. The van der Waals surface area contributed by atoms with E-state index in [1.807, 2.05) is 12.1 Å². The highest BCUT2D eigenvalue weighted by Crippen LogP contribution is 2.44. The molecule has 0 aliphatic carbocycles. The summed E-state index contributed by atoms with van der Waals surface area (Å²) in [5, 5.41) is 7.20. The normalized spacial score (nSPS) is 11.6. The van der Waals surface area contributed by atoms with E-state index in [0.29, 0.717) is 0 Å². The molecule has 11 rings (SSSR count). The van der Waals surface area contributed by atoms with E-state index in [1.54, 1.807) is 0 Å². The van der Waals surface area contributed by atoms with Gasteiger partial charge >= 0.3 is 0 Å². The molecule has 0 saturated carbocycles. The lowest BCUT2D eigenvalue weighted by molar-refractivity contribution is 0.669. The number of nitrogens with zero attached hydrogens (tertiary/aromatic N) is 2. The van der Waals surface area contributed by atoms with Gasteiger partial charge in [0.05, 0.1) is 16.7 Å². The van der Waals surface area contributed by atoms with Crippen molar-refractivity contribution in [2.45, 2.75) is 0 Å². The van der Waals surface area contributed by atoms with Crippen molar-refractivity contribution in [2.24, 2.45) is 0 Å². The van der Waals surface area contributed by atoms with Crippen LogP contribution in [0.2, 0.25) is 0 Å². The van der Waals surface area contributed by atoms with Gasteiger partial charge in [0.25, 0.3) is 0 Å². The van der Waals surface area contributed by atoms with E-state index in [4.69, 9.17) is 4.42 Å². The third-order valence-corrected chi connectivity index (χ3v) is 11.0. The lowest BCUT2D eigenvalue weighted by atomic mass is 9.96. The van der Waals surface area contributed by atoms with Crippen LogP contribution in [0.1, 0.15) is 0 Å². The van der Waals surface area contributed by atoms with Crippen molar-refractivity contribution in [3.05, 3.63) is 206 Å². The Kier molecular flexibility index (Phi) is 7.17. The predicted octanol–water partition coefficient (Wildman–Crippen LogP) is 14.6. The molecule has 9 aromatic carbocycles. The van der Waals surface area contributed by atoms with Gasteiger partial charge in [-0.2, -0.15) is 0 Å². The molecule has 0 bridgehead atoms. The van der Waals surface area contributed by atoms with Crippen molar-refractivity contribution in [3.63, 3.8) is 0 Å². The monoisotopic (exact) mass is 702 g/mol. The topological polar surface area (TPSA) is 21.3 Å². The standard InChI is InChI=1S/C52H34N2O/c1-2-20-41-35(14-1)15-12-25-42(41)43-21-3-7-26-48(43)53(38-17-11-16-36(32-38)37-30-31-47-46-24-6-10-29-51(46)55-52(47)33-37)39-18-13-19-40(34-39)54-49-27-8-4-22-44(49)45-23-5-9-28-50(45)54/h1-34H. The van der Waals surface area contributed by atoms with Crippen molar-refractivity contribution in [3.8, 4) is 27.9 Å². The van der Waals surface area contributed by atoms with Crippen molar-refractivity contribution in [2.75, 3.05) is 4.90 Å². The Morgan fingerprint density at radius 3 is 1.78 bits per heavy atom. The summed E-state index contributed by atoms with van der Waals surface area (Å²) < 4.78 is 8.72. The molecule has 0 saturated heterocycles. The fourth-order valence-electron chi connectivity index (χ4n) is 8.49. The highest BCUT2D eigenvalue weighted by atomic mass is 16.3. The second-order valence-corrected chi connectivity index (χ2v) is 14.1. The summed E-state index contributed by atoms with van der Waals surface area (Å²) in [5.41, 5.74) is 13.1. The lowest BCUT2D eigenvalue weighted by Crippen LogP contribution is -2.12. The fraction of sp³-hybridized carbons (Fsp3) is 0. The summed E-state index contributed by atoms with van der Waals surface area (Å²) >= 11 is 0. The Hall–Kier alpha value is -7.36. The number of fused-ring (bicyclic) bond motifs is 7. The highest BCUT2D eigenvalue weighted by molar-refractivity contribution is 6.10. The maximum absolute atomic E-state index is 6.33. The third kappa shape index (κ3) is 5.13. The van der Waals surface area contributed by atoms with Crippen LogP contribution in [0, 0.1) is 0 Å². The zero-order valence-electron chi connectivity index (χ0n) is 29.9. The molecule has 0 amide bonds. The first-order chi connectivity index (χ1) is 27.3. The number of anilines is 3. The van der Waals surface area contributed by atoms with Crippen molar-refractivity contribution in [1.29, 1.82) is 0 Å². The van der Waals surface area contributed by atoms with E-state index < -0.39 is 0 Å². The molecule has 0 atom stereocenters. The van der Waals surface area contributed by atoms with Crippen LogP contribution in [0.15, 0.2) is 211 Å². The minimum atomic E-state index is 0.890. The average molecular weight is 703 g/mol. The van der Waals surface area contributed by atoms with E-state index in [0.717, 1.165) is 61.4 Å². The van der Waals surface area contributed by atoms with Crippen LogP contribution in [0.5, 0.6) is 0 Å². The Balaban J connectivity index is 1.13. The van der Waals surface area contributed by atoms with Gasteiger partial charge in [-0.05, 0) is 94.2 Å². The molecular formula is C52H34N2O. The van der Waals surface area contributed by atoms with Crippen LogP contribution in [-0.4, -0.2) is 4.57 Å². The minimum absolute atomic E-state index is 0.890. The van der Waals surface area contributed by atoms with Gasteiger partial charge in [-0.1, -0.05) is 140 Å². The van der Waals surface area contributed by atoms with Gasteiger partial charge in [-0.3, -0.25) is 0 Å². The molecule has 2 heterocycles. The van der Waals surface area contributed by atoms with Gasteiger partial charge in [0.15, 0.2) is 0 Å². The molecule has 258 valence electrons. The van der Waals surface area contributed by atoms with Crippen LogP contribution in [0.4, 0.5) is 17.1 Å². The second kappa shape index (κ2) is 12.6. The first kappa shape index (κ1) is 31.2. The molecule has 0 radical (unpaired) electrons. The summed E-state index contributed by atoms with van der Waals surface area (Å²) in [6.07, 6.45) is 0. The first-order valence-corrected chi connectivity index (χ1v) is 18.8.